The molecule has 2 heterocycles. The molecule has 1 unspecified atom stereocenters. The first-order chi connectivity index (χ1) is 11.1. The number of aliphatic hydroxyl groups is 1. The van der Waals surface area contributed by atoms with Gasteiger partial charge in [-0.25, -0.2) is 9.78 Å². The van der Waals surface area contributed by atoms with Crippen molar-refractivity contribution in [3.63, 3.8) is 0 Å². The third-order valence-electron chi connectivity index (χ3n) is 4.97. The number of hydrogen-bond acceptors (Lipinski definition) is 5. The molecule has 1 aromatic rings. The monoisotopic (exact) mass is 356 g/mol. The van der Waals surface area contributed by atoms with Crippen molar-refractivity contribution >= 4 is 18.3 Å². The summed E-state index contributed by atoms with van der Waals surface area (Å²) in [7, 11) is 0. The zero-order chi connectivity index (χ0) is 16.2. The second kappa shape index (κ2) is 8.60. The minimum Gasteiger partial charge on any atom is -0.393 e. The average Bonchev–Trinajstić information content (AvgIpc) is 2.53. The van der Waals surface area contributed by atoms with Gasteiger partial charge in [0, 0.05) is 18.4 Å². The van der Waals surface area contributed by atoms with E-state index >= 15 is 0 Å². The Kier molecular flexibility index (Phi) is 6.77. The number of nitrogens with zero attached hydrogens (tertiary/aromatic N) is 2. The number of hydrogen-bond donors (Lipinski definition) is 3. The van der Waals surface area contributed by atoms with Gasteiger partial charge in [-0.3, -0.25) is 9.36 Å². The second-order valence-electron chi connectivity index (χ2n) is 6.60. The Morgan fingerprint density at radius 1 is 1.38 bits per heavy atom. The fraction of sp³-hybridized carbons (Fsp3) is 0.688. The molecule has 8 heteroatoms. The molecule has 1 atom stereocenters. The second-order valence-corrected chi connectivity index (χ2v) is 6.60. The summed E-state index contributed by atoms with van der Waals surface area (Å²) in [4.78, 5) is 27.6. The maximum atomic E-state index is 12.4. The van der Waals surface area contributed by atoms with E-state index in [4.69, 9.17) is 0 Å². The van der Waals surface area contributed by atoms with Crippen molar-refractivity contribution in [1.29, 1.82) is 0 Å². The van der Waals surface area contributed by atoms with Crippen LogP contribution in [-0.4, -0.2) is 45.8 Å². The Bertz CT molecular complexity index is 597. The third kappa shape index (κ3) is 4.55. The van der Waals surface area contributed by atoms with Crippen LogP contribution in [0.1, 0.15) is 25.7 Å². The number of carbonyl (C=O) groups excluding carboxylic acids is 1. The van der Waals surface area contributed by atoms with Crippen LogP contribution in [0.3, 0.4) is 0 Å². The Balaban J connectivity index is 0.00000208. The number of carbonyl (C=O) groups is 1. The third-order valence-corrected chi connectivity index (χ3v) is 4.97. The molecule has 1 aliphatic heterocycles. The Labute approximate surface area is 147 Å². The molecular weight excluding hydrogens is 332 g/mol. The Hall–Kier alpha value is -1.44. The van der Waals surface area contributed by atoms with Gasteiger partial charge in [-0.15, -0.1) is 12.4 Å². The molecule has 0 spiro atoms. The molecule has 0 aromatic carbocycles. The van der Waals surface area contributed by atoms with Gasteiger partial charge >= 0.3 is 5.69 Å². The van der Waals surface area contributed by atoms with Crippen LogP contribution in [0, 0.1) is 11.8 Å². The first-order valence-electron chi connectivity index (χ1n) is 8.33. The summed E-state index contributed by atoms with van der Waals surface area (Å²) in [6, 6.07) is 1.72. The van der Waals surface area contributed by atoms with E-state index in [0.29, 0.717) is 11.8 Å². The Morgan fingerprint density at radius 3 is 2.71 bits per heavy atom. The maximum Gasteiger partial charge on any atom is 0.347 e. The van der Waals surface area contributed by atoms with Crippen molar-refractivity contribution in [2.24, 2.45) is 11.8 Å². The van der Waals surface area contributed by atoms with Crippen molar-refractivity contribution in [1.82, 2.24) is 20.2 Å². The first kappa shape index (κ1) is 18.9. The van der Waals surface area contributed by atoms with Crippen LogP contribution in [0.25, 0.3) is 0 Å². The van der Waals surface area contributed by atoms with Gasteiger partial charge in [0.25, 0.3) is 0 Å². The summed E-state index contributed by atoms with van der Waals surface area (Å²) in [5.41, 5.74) is -0.417. The van der Waals surface area contributed by atoms with Crippen molar-refractivity contribution in [3.8, 4) is 0 Å². The van der Waals surface area contributed by atoms with Crippen LogP contribution in [0.15, 0.2) is 23.3 Å². The fourth-order valence-corrected chi connectivity index (χ4v) is 3.64. The highest BCUT2D eigenvalue weighted by Gasteiger charge is 2.39. The number of nitrogens with one attached hydrogen (secondary N) is 2. The zero-order valence-corrected chi connectivity index (χ0v) is 14.4. The van der Waals surface area contributed by atoms with Crippen LogP contribution in [0.2, 0.25) is 0 Å². The largest absolute Gasteiger partial charge is 0.393 e. The lowest BCUT2D eigenvalue weighted by molar-refractivity contribution is -0.124. The van der Waals surface area contributed by atoms with Crippen molar-refractivity contribution < 1.29 is 9.90 Å². The number of aliphatic hydroxyl groups excluding tert-OH is 1. The van der Waals surface area contributed by atoms with E-state index in [2.05, 4.69) is 15.6 Å². The van der Waals surface area contributed by atoms with Crippen molar-refractivity contribution in [3.05, 3.63) is 28.9 Å². The first-order valence-corrected chi connectivity index (χ1v) is 8.33. The molecule has 3 rings (SSSR count). The van der Waals surface area contributed by atoms with Gasteiger partial charge in [0.15, 0.2) is 0 Å². The molecule has 1 amide bonds. The van der Waals surface area contributed by atoms with Gasteiger partial charge in [-0.1, -0.05) is 0 Å². The summed E-state index contributed by atoms with van der Waals surface area (Å²) >= 11 is 0. The lowest BCUT2D eigenvalue weighted by Gasteiger charge is -2.43. The van der Waals surface area contributed by atoms with Crippen molar-refractivity contribution in [2.45, 2.75) is 44.4 Å². The summed E-state index contributed by atoms with van der Waals surface area (Å²) in [5, 5.41) is 16.1. The highest BCUT2D eigenvalue weighted by molar-refractivity contribution is 5.85. The number of rotatable bonds is 5. The summed E-state index contributed by atoms with van der Waals surface area (Å²) < 4.78 is 1.31. The molecule has 2 fully saturated rings. The predicted octanol–water partition coefficient (Wildman–Crippen LogP) is -0.0796. The molecule has 134 valence electrons. The molecule has 1 saturated heterocycles. The topological polar surface area (TPSA) is 96.2 Å². The molecule has 0 radical (unpaired) electrons. The molecule has 3 N–H and O–H groups in total. The number of halogens is 1. The maximum absolute atomic E-state index is 12.4. The highest BCUT2D eigenvalue weighted by atomic mass is 35.5. The van der Waals surface area contributed by atoms with Crippen LogP contribution in [0.4, 0.5) is 0 Å². The molecule has 2 aliphatic rings. The summed E-state index contributed by atoms with van der Waals surface area (Å²) in [5.74, 6) is 0.607. The van der Waals surface area contributed by atoms with E-state index in [0.717, 1.165) is 38.8 Å². The fourth-order valence-electron chi connectivity index (χ4n) is 3.64. The molecule has 1 aliphatic carbocycles. The van der Waals surface area contributed by atoms with Gasteiger partial charge in [0.05, 0.1) is 6.10 Å². The van der Waals surface area contributed by atoms with E-state index in [-0.39, 0.29) is 37.0 Å². The molecule has 7 nitrogen and oxygen atoms in total. The van der Waals surface area contributed by atoms with Gasteiger partial charge in [-0.2, -0.15) is 0 Å². The number of amides is 1. The van der Waals surface area contributed by atoms with E-state index < -0.39 is 5.69 Å². The normalized spacial score (nSPS) is 25.2. The zero-order valence-electron chi connectivity index (χ0n) is 13.6. The standard InChI is InChI=1S/C16H24N4O3.ClH/c21-13-8-12(9-13)15(11-2-5-17-6-3-11)19-14(22)10-20-7-1-4-18-16(20)23;/h1,4,7,11-13,15,17,21H,2-3,5-6,8-10H2,(H,19,22);1H. The quantitative estimate of drug-likeness (QED) is 0.685. The lowest BCUT2D eigenvalue weighted by atomic mass is 9.71. The minimum absolute atomic E-state index is 0. The van der Waals surface area contributed by atoms with Crippen LogP contribution in [-0.2, 0) is 11.3 Å². The molecular formula is C16H25ClN4O3. The van der Waals surface area contributed by atoms with E-state index in [1.807, 2.05) is 0 Å². The van der Waals surface area contributed by atoms with Gasteiger partial charge in [-0.05, 0) is 56.7 Å². The smallest absolute Gasteiger partial charge is 0.347 e. The van der Waals surface area contributed by atoms with E-state index in [1.165, 1.54) is 10.8 Å². The summed E-state index contributed by atoms with van der Waals surface area (Å²) in [6.07, 6.45) is 6.33. The van der Waals surface area contributed by atoms with E-state index in [1.54, 1.807) is 12.3 Å². The van der Waals surface area contributed by atoms with Crippen LogP contribution < -0.4 is 16.3 Å². The van der Waals surface area contributed by atoms with Gasteiger partial charge in [0.1, 0.15) is 6.54 Å². The van der Waals surface area contributed by atoms with Crippen LogP contribution >= 0.6 is 12.4 Å². The van der Waals surface area contributed by atoms with Crippen molar-refractivity contribution in [2.75, 3.05) is 13.1 Å². The Morgan fingerprint density at radius 2 is 2.08 bits per heavy atom. The molecule has 0 bridgehead atoms. The van der Waals surface area contributed by atoms with E-state index in [9.17, 15) is 14.7 Å². The number of aromatic nitrogens is 2. The molecule has 24 heavy (non-hydrogen) atoms. The average molecular weight is 357 g/mol. The highest BCUT2D eigenvalue weighted by Crippen LogP contribution is 2.35. The predicted molar refractivity (Wildman–Crippen MR) is 92.0 cm³/mol. The van der Waals surface area contributed by atoms with Crippen LogP contribution in [0.5, 0.6) is 0 Å². The van der Waals surface area contributed by atoms with Gasteiger partial charge < -0.3 is 15.7 Å². The lowest BCUT2D eigenvalue weighted by Crippen LogP contribution is -2.53. The SMILES string of the molecule is Cl.O=C(Cn1cccnc1=O)NC(C1CCNCC1)C1CC(O)C1. The molecule has 1 saturated carbocycles. The van der Waals surface area contributed by atoms with Gasteiger partial charge in [0.2, 0.25) is 5.91 Å². The minimum atomic E-state index is -0.417. The summed E-state index contributed by atoms with van der Waals surface area (Å²) in [6.45, 7) is 1.92. The number of piperidine rings is 1. The molecule has 1 aromatic heterocycles.